The number of hydrogen-bond donors (Lipinski definition) is 1. The minimum Gasteiger partial charge on any atom is -0.490 e. The second-order valence-corrected chi connectivity index (χ2v) is 6.29. The number of ether oxygens (including phenoxy) is 1. The Kier molecular flexibility index (Phi) is 3.57. The highest BCUT2D eigenvalue weighted by Crippen LogP contribution is 2.33. The van der Waals surface area contributed by atoms with Gasteiger partial charge in [-0.25, -0.2) is 0 Å². The largest absolute Gasteiger partial charge is 0.490 e. The predicted molar refractivity (Wildman–Crippen MR) is 85.1 cm³/mol. The van der Waals surface area contributed by atoms with Gasteiger partial charge in [0.05, 0.1) is 6.04 Å². The lowest BCUT2D eigenvalue weighted by atomic mass is 9.94. The second kappa shape index (κ2) is 5.23. The van der Waals surface area contributed by atoms with Gasteiger partial charge in [0.15, 0.2) is 0 Å². The number of halogens is 1. The van der Waals surface area contributed by atoms with E-state index in [1.807, 2.05) is 18.2 Å². The predicted octanol–water partition coefficient (Wildman–Crippen LogP) is 4.13. The molecule has 2 unspecified atom stereocenters. The van der Waals surface area contributed by atoms with Crippen molar-refractivity contribution in [2.45, 2.75) is 32.4 Å². The van der Waals surface area contributed by atoms with E-state index in [1.54, 1.807) is 0 Å². The Hall–Kier alpha value is -1.32. The molecule has 1 heterocycles. The lowest BCUT2D eigenvalue weighted by Crippen LogP contribution is -2.13. The molecular weight excluding hydrogens is 314 g/mol. The third kappa shape index (κ3) is 2.36. The molecule has 0 saturated heterocycles. The highest BCUT2D eigenvalue weighted by molar-refractivity contribution is 9.10. The Labute approximate surface area is 128 Å². The molecule has 20 heavy (non-hydrogen) atoms. The molecule has 0 aliphatic carbocycles. The van der Waals surface area contributed by atoms with Crippen molar-refractivity contribution < 1.29 is 4.74 Å². The van der Waals surface area contributed by atoms with Crippen LogP contribution in [0.1, 0.15) is 35.2 Å². The molecule has 2 nitrogen and oxygen atoms in total. The number of nitrogens with two attached hydrogens (primary N) is 1. The minimum absolute atomic E-state index is 0.103. The van der Waals surface area contributed by atoms with Crippen molar-refractivity contribution in [3.05, 3.63) is 63.1 Å². The Morgan fingerprint density at radius 1 is 1.30 bits per heavy atom. The van der Waals surface area contributed by atoms with Gasteiger partial charge in [-0.2, -0.15) is 0 Å². The summed E-state index contributed by atoms with van der Waals surface area (Å²) in [6, 6.07) is 12.4. The Morgan fingerprint density at radius 2 is 2.10 bits per heavy atom. The van der Waals surface area contributed by atoms with E-state index in [-0.39, 0.29) is 12.1 Å². The summed E-state index contributed by atoms with van der Waals surface area (Å²) in [5.41, 5.74) is 11.2. The molecule has 2 atom stereocenters. The first-order valence-electron chi connectivity index (χ1n) is 6.86. The van der Waals surface area contributed by atoms with Crippen LogP contribution in [0.15, 0.2) is 40.9 Å². The maximum atomic E-state index is 6.45. The summed E-state index contributed by atoms with van der Waals surface area (Å²) in [6.45, 7) is 4.19. The van der Waals surface area contributed by atoms with Crippen LogP contribution in [0.5, 0.6) is 5.75 Å². The fourth-order valence-corrected chi connectivity index (χ4v) is 3.16. The van der Waals surface area contributed by atoms with Gasteiger partial charge in [0.1, 0.15) is 11.9 Å². The van der Waals surface area contributed by atoms with Crippen molar-refractivity contribution in [2.24, 2.45) is 5.73 Å². The summed E-state index contributed by atoms with van der Waals surface area (Å²) in [6.07, 6.45) is 1.23. The van der Waals surface area contributed by atoms with E-state index in [4.69, 9.17) is 10.5 Å². The molecule has 2 N–H and O–H groups in total. The summed E-state index contributed by atoms with van der Waals surface area (Å²) in [4.78, 5) is 0. The van der Waals surface area contributed by atoms with Crippen LogP contribution in [0.3, 0.4) is 0 Å². The first-order chi connectivity index (χ1) is 9.56. The van der Waals surface area contributed by atoms with Crippen LogP contribution < -0.4 is 10.5 Å². The van der Waals surface area contributed by atoms with Crippen LogP contribution in [0.2, 0.25) is 0 Å². The van der Waals surface area contributed by atoms with Crippen LogP contribution in [-0.4, -0.2) is 6.10 Å². The smallest absolute Gasteiger partial charge is 0.123 e. The molecule has 3 rings (SSSR count). The third-order valence-electron chi connectivity index (χ3n) is 3.92. The highest BCUT2D eigenvalue weighted by Gasteiger charge is 2.21. The van der Waals surface area contributed by atoms with E-state index in [1.165, 1.54) is 11.1 Å². The van der Waals surface area contributed by atoms with Gasteiger partial charge in [-0.1, -0.05) is 40.2 Å². The molecule has 0 aromatic heterocycles. The average Bonchev–Trinajstić information content (AvgIpc) is 2.80. The maximum Gasteiger partial charge on any atom is 0.123 e. The molecule has 0 bridgehead atoms. The molecule has 1 aliphatic rings. The van der Waals surface area contributed by atoms with Gasteiger partial charge in [0.25, 0.3) is 0 Å². The SMILES string of the molecule is Cc1c(Br)cccc1C(N)c1ccc2c(c1)CC(C)O2. The van der Waals surface area contributed by atoms with Crippen molar-refractivity contribution >= 4 is 15.9 Å². The molecule has 0 radical (unpaired) electrons. The molecule has 104 valence electrons. The van der Waals surface area contributed by atoms with Crippen molar-refractivity contribution in [3.63, 3.8) is 0 Å². The van der Waals surface area contributed by atoms with E-state index < -0.39 is 0 Å². The van der Waals surface area contributed by atoms with Crippen LogP contribution in [0, 0.1) is 6.92 Å². The van der Waals surface area contributed by atoms with Crippen LogP contribution in [0.25, 0.3) is 0 Å². The average molecular weight is 332 g/mol. The van der Waals surface area contributed by atoms with Gasteiger partial charge in [-0.3, -0.25) is 0 Å². The molecule has 2 aromatic carbocycles. The minimum atomic E-state index is -0.103. The number of rotatable bonds is 2. The van der Waals surface area contributed by atoms with Gasteiger partial charge < -0.3 is 10.5 Å². The molecule has 3 heteroatoms. The van der Waals surface area contributed by atoms with Crippen molar-refractivity contribution in [2.75, 3.05) is 0 Å². The van der Waals surface area contributed by atoms with Crippen molar-refractivity contribution in [1.29, 1.82) is 0 Å². The van der Waals surface area contributed by atoms with Crippen LogP contribution in [0.4, 0.5) is 0 Å². The molecule has 0 spiro atoms. The number of hydrogen-bond acceptors (Lipinski definition) is 2. The monoisotopic (exact) mass is 331 g/mol. The van der Waals surface area contributed by atoms with E-state index in [9.17, 15) is 0 Å². The fraction of sp³-hybridized carbons (Fsp3) is 0.294. The Bertz CT molecular complexity index is 653. The standard InChI is InChI=1S/C17H18BrNO/c1-10-8-13-9-12(6-7-16(13)20-10)17(19)14-4-3-5-15(18)11(14)2/h3-7,9-10,17H,8,19H2,1-2H3. The van der Waals surface area contributed by atoms with Crippen molar-refractivity contribution in [3.8, 4) is 5.75 Å². The van der Waals surface area contributed by atoms with Gasteiger partial charge in [0, 0.05) is 10.9 Å². The van der Waals surface area contributed by atoms with E-state index in [2.05, 4.69) is 48.0 Å². The van der Waals surface area contributed by atoms with E-state index in [0.717, 1.165) is 27.8 Å². The van der Waals surface area contributed by atoms with Gasteiger partial charge in [-0.15, -0.1) is 0 Å². The van der Waals surface area contributed by atoms with Gasteiger partial charge in [0.2, 0.25) is 0 Å². The lowest BCUT2D eigenvalue weighted by molar-refractivity contribution is 0.254. The van der Waals surface area contributed by atoms with Gasteiger partial charge in [-0.05, 0) is 48.2 Å². The molecule has 0 amide bonds. The van der Waals surface area contributed by atoms with Crippen molar-refractivity contribution in [1.82, 2.24) is 0 Å². The van der Waals surface area contributed by atoms with Crippen LogP contribution in [-0.2, 0) is 6.42 Å². The first kappa shape index (κ1) is 13.7. The number of benzene rings is 2. The summed E-state index contributed by atoms with van der Waals surface area (Å²) in [5, 5.41) is 0. The summed E-state index contributed by atoms with van der Waals surface area (Å²) in [7, 11) is 0. The summed E-state index contributed by atoms with van der Waals surface area (Å²) in [5.74, 6) is 0.999. The molecule has 0 fully saturated rings. The highest BCUT2D eigenvalue weighted by atomic mass is 79.9. The zero-order valence-electron chi connectivity index (χ0n) is 11.7. The Balaban J connectivity index is 1.97. The molecule has 1 aliphatic heterocycles. The van der Waals surface area contributed by atoms with Gasteiger partial charge >= 0.3 is 0 Å². The zero-order valence-corrected chi connectivity index (χ0v) is 13.3. The first-order valence-corrected chi connectivity index (χ1v) is 7.65. The summed E-state index contributed by atoms with van der Waals surface area (Å²) < 4.78 is 6.84. The normalized spacial score (nSPS) is 18.5. The van der Waals surface area contributed by atoms with E-state index >= 15 is 0 Å². The quantitative estimate of drug-likeness (QED) is 0.897. The topological polar surface area (TPSA) is 35.2 Å². The summed E-state index contributed by atoms with van der Waals surface area (Å²) >= 11 is 3.57. The third-order valence-corrected chi connectivity index (χ3v) is 4.78. The molecule has 2 aromatic rings. The molecule has 0 saturated carbocycles. The maximum absolute atomic E-state index is 6.45. The number of fused-ring (bicyclic) bond motifs is 1. The van der Waals surface area contributed by atoms with Crippen LogP contribution >= 0.6 is 15.9 Å². The zero-order chi connectivity index (χ0) is 14.3. The molecular formula is C17H18BrNO. The lowest BCUT2D eigenvalue weighted by Gasteiger charge is -2.17. The second-order valence-electron chi connectivity index (χ2n) is 5.43. The Morgan fingerprint density at radius 3 is 2.90 bits per heavy atom. The van der Waals surface area contributed by atoms with E-state index in [0.29, 0.717) is 0 Å². The fourth-order valence-electron chi connectivity index (χ4n) is 2.78.